The molecule has 126 valence electrons. The van der Waals surface area contributed by atoms with Crippen molar-refractivity contribution in [2.75, 3.05) is 25.1 Å². The van der Waals surface area contributed by atoms with Crippen LogP contribution in [0.1, 0.15) is 30.4 Å². The fourth-order valence-corrected chi connectivity index (χ4v) is 4.06. The minimum absolute atomic E-state index is 0.00214. The topological polar surface area (TPSA) is 50.8 Å². The highest BCUT2D eigenvalue weighted by Crippen LogP contribution is 2.28. The zero-order valence-corrected chi connectivity index (χ0v) is 15.2. The van der Waals surface area contributed by atoms with Gasteiger partial charge in [-0.15, -0.1) is 0 Å². The molecule has 2 saturated heterocycles. The van der Waals surface area contributed by atoms with Gasteiger partial charge in [-0.25, -0.2) is 4.79 Å². The van der Waals surface area contributed by atoms with Gasteiger partial charge in [-0.05, 0) is 56.4 Å². The van der Waals surface area contributed by atoms with E-state index in [-0.39, 0.29) is 18.4 Å². The molecule has 1 aromatic rings. The Morgan fingerprint density at radius 2 is 1.87 bits per heavy atom. The highest BCUT2D eigenvalue weighted by Gasteiger charge is 2.36. The maximum Gasteiger partial charge on any atom is 0.322 e. The number of benzene rings is 1. The number of likely N-dealkylation sites (tertiary alicyclic amines) is 1. The molecule has 0 aromatic heterocycles. The van der Waals surface area contributed by atoms with E-state index in [4.69, 9.17) is 9.47 Å². The Morgan fingerprint density at radius 3 is 2.52 bits per heavy atom. The third kappa shape index (κ3) is 3.70. The Bertz CT molecular complexity index is 564. The van der Waals surface area contributed by atoms with Crippen LogP contribution in [-0.4, -0.2) is 43.0 Å². The van der Waals surface area contributed by atoms with E-state index in [1.165, 1.54) is 0 Å². The van der Waals surface area contributed by atoms with Crippen LogP contribution in [0.15, 0.2) is 16.6 Å². The van der Waals surface area contributed by atoms with Gasteiger partial charge >= 0.3 is 6.03 Å². The Balaban J connectivity index is 1.76. The summed E-state index contributed by atoms with van der Waals surface area (Å²) in [6.07, 6.45) is 2.77. The summed E-state index contributed by atoms with van der Waals surface area (Å²) >= 11 is 3.49. The highest BCUT2D eigenvalue weighted by molar-refractivity contribution is 9.10. The van der Waals surface area contributed by atoms with E-state index < -0.39 is 0 Å². The summed E-state index contributed by atoms with van der Waals surface area (Å²) in [7, 11) is 0. The zero-order chi connectivity index (χ0) is 16.4. The van der Waals surface area contributed by atoms with Crippen molar-refractivity contribution in [3.8, 4) is 0 Å². The lowest BCUT2D eigenvalue weighted by Crippen LogP contribution is -2.51. The Kier molecular flexibility index (Phi) is 5.24. The van der Waals surface area contributed by atoms with Crippen LogP contribution in [0.5, 0.6) is 0 Å². The normalized spacial score (nSPS) is 22.4. The predicted octanol–water partition coefficient (Wildman–Crippen LogP) is 3.83. The number of halogens is 1. The highest BCUT2D eigenvalue weighted by atomic mass is 79.9. The fraction of sp³-hybridized carbons (Fsp3) is 0.588. The van der Waals surface area contributed by atoms with Crippen molar-refractivity contribution in [1.29, 1.82) is 0 Å². The number of hydrogen-bond acceptors (Lipinski definition) is 3. The van der Waals surface area contributed by atoms with Crippen LogP contribution in [0.3, 0.4) is 0 Å². The first-order chi connectivity index (χ1) is 11.1. The van der Waals surface area contributed by atoms with E-state index >= 15 is 0 Å². The van der Waals surface area contributed by atoms with Crippen LogP contribution in [-0.2, 0) is 9.47 Å². The average molecular weight is 383 g/mol. The lowest BCUT2D eigenvalue weighted by Gasteiger charge is -2.38. The van der Waals surface area contributed by atoms with E-state index in [1.54, 1.807) is 0 Å². The number of anilines is 1. The van der Waals surface area contributed by atoms with Crippen molar-refractivity contribution >= 4 is 27.6 Å². The van der Waals surface area contributed by atoms with Crippen molar-refractivity contribution in [2.45, 2.75) is 45.4 Å². The first-order valence-corrected chi connectivity index (χ1v) is 8.93. The van der Waals surface area contributed by atoms with Crippen LogP contribution in [0, 0.1) is 13.8 Å². The van der Waals surface area contributed by atoms with Crippen molar-refractivity contribution in [3.05, 3.63) is 27.7 Å². The molecule has 3 rings (SSSR count). The summed E-state index contributed by atoms with van der Waals surface area (Å²) in [5.74, 6) is 0. The van der Waals surface area contributed by atoms with Crippen LogP contribution in [0.2, 0.25) is 0 Å². The molecule has 6 heteroatoms. The molecule has 1 N–H and O–H groups in total. The summed E-state index contributed by atoms with van der Waals surface area (Å²) in [5, 5.41) is 3.08. The van der Waals surface area contributed by atoms with E-state index in [0.717, 1.165) is 47.1 Å². The maximum absolute atomic E-state index is 12.8. The summed E-state index contributed by atoms with van der Waals surface area (Å²) in [6, 6.07) is 3.96. The van der Waals surface area contributed by atoms with Crippen molar-refractivity contribution in [1.82, 2.24) is 4.90 Å². The number of ether oxygens (including phenoxy) is 2. The molecule has 0 radical (unpaired) electrons. The lowest BCUT2D eigenvalue weighted by atomic mass is 10.0. The van der Waals surface area contributed by atoms with Gasteiger partial charge in [0.05, 0.1) is 19.3 Å². The number of urea groups is 1. The number of nitrogens with one attached hydrogen (secondary N) is 1. The number of aryl methyl sites for hydroxylation is 2. The van der Waals surface area contributed by atoms with Crippen molar-refractivity contribution in [3.63, 3.8) is 0 Å². The summed E-state index contributed by atoms with van der Waals surface area (Å²) in [6.45, 7) is 5.98. The number of nitrogens with zero attached hydrogens (tertiary/aromatic N) is 1. The number of rotatable bonds is 2. The average Bonchev–Trinajstić information content (AvgIpc) is 3.05. The number of carbonyl (C=O) groups is 1. The number of carbonyl (C=O) groups excluding carboxylic acids is 1. The predicted molar refractivity (Wildman–Crippen MR) is 92.7 cm³/mol. The van der Waals surface area contributed by atoms with Crippen molar-refractivity contribution < 1.29 is 14.3 Å². The molecule has 2 amide bonds. The van der Waals surface area contributed by atoms with Gasteiger partial charge in [0.25, 0.3) is 0 Å². The third-order valence-electron chi connectivity index (χ3n) is 4.50. The van der Waals surface area contributed by atoms with Gasteiger partial charge in [0.15, 0.2) is 6.29 Å². The van der Waals surface area contributed by atoms with E-state index in [2.05, 4.69) is 21.2 Å². The van der Waals surface area contributed by atoms with E-state index in [1.807, 2.05) is 30.9 Å². The van der Waals surface area contributed by atoms with Crippen LogP contribution in [0.4, 0.5) is 10.5 Å². The first kappa shape index (κ1) is 16.7. The molecular weight excluding hydrogens is 360 g/mol. The third-order valence-corrected chi connectivity index (χ3v) is 4.96. The van der Waals surface area contributed by atoms with Crippen LogP contribution >= 0.6 is 15.9 Å². The molecular formula is C17H23BrN2O3. The maximum atomic E-state index is 12.8. The molecule has 0 saturated carbocycles. The molecule has 2 aliphatic heterocycles. The molecule has 1 atom stereocenters. The number of amides is 2. The lowest BCUT2D eigenvalue weighted by molar-refractivity contribution is -0.0973. The summed E-state index contributed by atoms with van der Waals surface area (Å²) in [5.41, 5.74) is 2.98. The van der Waals surface area contributed by atoms with Crippen LogP contribution < -0.4 is 5.32 Å². The molecule has 2 fully saturated rings. The van der Waals surface area contributed by atoms with Gasteiger partial charge in [0.2, 0.25) is 0 Å². The SMILES string of the molecule is Cc1cc(Br)cc(C)c1NC(=O)N1CCCCC1C1OCCO1. The van der Waals surface area contributed by atoms with Gasteiger partial charge in [0, 0.05) is 16.7 Å². The molecule has 2 aliphatic rings. The summed E-state index contributed by atoms with van der Waals surface area (Å²) in [4.78, 5) is 14.7. The second-order valence-electron chi connectivity index (χ2n) is 6.21. The Morgan fingerprint density at radius 1 is 1.22 bits per heavy atom. The Hall–Kier alpha value is -1.11. The molecule has 1 aromatic carbocycles. The molecule has 23 heavy (non-hydrogen) atoms. The molecule has 0 aliphatic carbocycles. The summed E-state index contributed by atoms with van der Waals surface area (Å²) < 4.78 is 12.3. The number of piperidine rings is 1. The second kappa shape index (κ2) is 7.20. The quantitative estimate of drug-likeness (QED) is 0.845. The first-order valence-electron chi connectivity index (χ1n) is 8.14. The van der Waals surface area contributed by atoms with E-state index in [0.29, 0.717) is 13.2 Å². The van der Waals surface area contributed by atoms with Gasteiger partial charge < -0.3 is 19.7 Å². The molecule has 5 nitrogen and oxygen atoms in total. The van der Waals surface area contributed by atoms with Gasteiger partial charge in [-0.1, -0.05) is 15.9 Å². The number of hydrogen-bond donors (Lipinski definition) is 1. The molecule has 0 spiro atoms. The minimum atomic E-state index is -0.284. The minimum Gasteiger partial charge on any atom is -0.348 e. The van der Waals surface area contributed by atoms with Crippen LogP contribution in [0.25, 0.3) is 0 Å². The Labute approximate surface area is 145 Å². The smallest absolute Gasteiger partial charge is 0.322 e. The largest absolute Gasteiger partial charge is 0.348 e. The monoisotopic (exact) mass is 382 g/mol. The van der Waals surface area contributed by atoms with Gasteiger partial charge in [-0.3, -0.25) is 0 Å². The standard InChI is InChI=1S/C17H23BrN2O3/c1-11-9-13(18)10-12(2)15(11)19-17(21)20-6-4-3-5-14(20)16-22-7-8-23-16/h9-10,14,16H,3-8H2,1-2H3,(H,19,21). The molecule has 2 heterocycles. The zero-order valence-electron chi connectivity index (χ0n) is 13.6. The van der Waals surface area contributed by atoms with Gasteiger partial charge in [-0.2, -0.15) is 0 Å². The van der Waals surface area contributed by atoms with E-state index in [9.17, 15) is 4.79 Å². The second-order valence-corrected chi connectivity index (χ2v) is 7.13. The van der Waals surface area contributed by atoms with Gasteiger partial charge in [0.1, 0.15) is 0 Å². The van der Waals surface area contributed by atoms with Crippen molar-refractivity contribution in [2.24, 2.45) is 0 Å². The fourth-order valence-electron chi connectivity index (χ4n) is 3.38. The molecule has 1 unspecified atom stereocenters. The molecule has 0 bridgehead atoms.